The summed E-state index contributed by atoms with van der Waals surface area (Å²) in [5.74, 6) is -0.690. The fourth-order valence-electron chi connectivity index (χ4n) is 5.04. The number of hydrogen-bond donors (Lipinski definition) is 0. The molecule has 2 bridgehead atoms. The van der Waals surface area contributed by atoms with Gasteiger partial charge in [0.15, 0.2) is 9.84 Å². The van der Waals surface area contributed by atoms with Crippen LogP contribution in [0.1, 0.15) is 49.5 Å². The molecule has 4 rings (SSSR count). The van der Waals surface area contributed by atoms with Gasteiger partial charge in [0.2, 0.25) is 0 Å². The average molecular weight is 527 g/mol. The van der Waals surface area contributed by atoms with Gasteiger partial charge in [-0.1, -0.05) is 44.0 Å². The van der Waals surface area contributed by atoms with Crippen LogP contribution in [0, 0.1) is 18.2 Å². The van der Waals surface area contributed by atoms with Crippen molar-refractivity contribution in [2.24, 2.45) is 5.41 Å². The third-order valence-electron chi connectivity index (χ3n) is 6.48. The lowest BCUT2D eigenvalue weighted by Gasteiger charge is -2.43. The Morgan fingerprint density at radius 2 is 1.68 bits per heavy atom. The summed E-state index contributed by atoms with van der Waals surface area (Å²) in [6, 6.07) is 7.13. The molecular weight excluding hydrogens is 498 g/mol. The molecular formula is C25H29Cl2FN2O3S. The van der Waals surface area contributed by atoms with Gasteiger partial charge in [0.1, 0.15) is 5.82 Å². The number of carbonyl (C=O) groups excluding carboxylic acids is 1. The zero-order chi connectivity index (χ0) is 25.0. The predicted octanol–water partition coefficient (Wildman–Crippen LogP) is 5.75. The number of rotatable bonds is 4. The zero-order valence-corrected chi connectivity index (χ0v) is 22.1. The summed E-state index contributed by atoms with van der Waals surface area (Å²) in [6.45, 7) is 8.52. The molecule has 2 unspecified atom stereocenters. The van der Waals surface area contributed by atoms with E-state index < -0.39 is 15.7 Å². The summed E-state index contributed by atoms with van der Waals surface area (Å²) in [4.78, 5) is 17.3. The van der Waals surface area contributed by atoms with E-state index in [1.54, 1.807) is 17.0 Å². The molecule has 9 heteroatoms. The molecule has 2 heterocycles. The van der Waals surface area contributed by atoms with E-state index in [0.717, 1.165) is 30.2 Å². The van der Waals surface area contributed by atoms with Gasteiger partial charge in [-0.25, -0.2) is 12.8 Å². The van der Waals surface area contributed by atoms with E-state index in [0.29, 0.717) is 18.1 Å². The van der Waals surface area contributed by atoms with Crippen LogP contribution in [0.25, 0.3) is 0 Å². The van der Waals surface area contributed by atoms with Crippen LogP contribution in [0.3, 0.4) is 0 Å². The van der Waals surface area contributed by atoms with Crippen LogP contribution in [0.15, 0.2) is 35.2 Å². The van der Waals surface area contributed by atoms with Crippen LogP contribution in [0.5, 0.6) is 0 Å². The third kappa shape index (κ3) is 4.93. The van der Waals surface area contributed by atoms with E-state index in [1.807, 2.05) is 27.7 Å². The first kappa shape index (κ1) is 25.3. The normalized spacial score (nSPS) is 20.7. The van der Waals surface area contributed by atoms with Crippen molar-refractivity contribution in [1.82, 2.24) is 4.90 Å². The molecule has 5 nitrogen and oxygen atoms in total. The summed E-state index contributed by atoms with van der Waals surface area (Å²) < 4.78 is 39.7. The molecule has 0 saturated carbocycles. The average Bonchev–Trinajstić information content (AvgIpc) is 2.96. The molecule has 34 heavy (non-hydrogen) atoms. The number of nitrogens with zero attached hydrogens (tertiary/aromatic N) is 2. The van der Waals surface area contributed by atoms with Crippen LogP contribution >= 0.6 is 23.2 Å². The molecule has 0 aliphatic carbocycles. The van der Waals surface area contributed by atoms with Crippen molar-refractivity contribution in [3.05, 3.63) is 57.3 Å². The van der Waals surface area contributed by atoms with Crippen molar-refractivity contribution in [2.75, 3.05) is 23.7 Å². The standard InChI is InChI=1S/C25H29Cl2FN2O3S/c1-15-21(26)10-19(34(32,33)14-25(2,3)4)11-23(15)30-17-6-7-18(30)13-29(12-17)24(31)20-8-5-16(28)9-22(20)27/h5,8-11,17-18H,6-7,12-14H2,1-4H3. The molecule has 2 fully saturated rings. The summed E-state index contributed by atoms with van der Waals surface area (Å²) in [5.41, 5.74) is 1.53. The molecule has 184 valence electrons. The van der Waals surface area contributed by atoms with Crippen molar-refractivity contribution in [2.45, 2.75) is 57.5 Å². The Hall–Kier alpha value is -1.83. The quantitative estimate of drug-likeness (QED) is 0.508. The van der Waals surface area contributed by atoms with Crippen LogP contribution in [-0.4, -0.2) is 50.2 Å². The Balaban J connectivity index is 1.64. The van der Waals surface area contributed by atoms with Crippen LogP contribution < -0.4 is 4.90 Å². The number of carbonyl (C=O) groups is 1. The smallest absolute Gasteiger partial charge is 0.255 e. The van der Waals surface area contributed by atoms with Crippen molar-refractivity contribution < 1.29 is 17.6 Å². The first-order valence-electron chi connectivity index (χ1n) is 11.3. The van der Waals surface area contributed by atoms with Crippen LogP contribution in [0.2, 0.25) is 10.0 Å². The van der Waals surface area contributed by atoms with Gasteiger partial charge in [0.25, 0.3) is 5.91 Å². The maximum absolute atomic E-state index is 13.4. The van der Waals surface area contributed by atoms with Gasteiger partial charge >= 0.3 is 0 Å². The lowest BCUT2D eigenvalue weighted by Crippen LogP contribution is -2.55. The fourth-order valence-corrected chi connectivity index (χ4v) is 7.46. The van der Waals surface area contributed by atoms with E-state index >= 15 is 0 Å². The van der Waals surface area contributed by atoms with Crippen LogP contribution in [0.4, 0.5) is 10.1 Å². The molecule has 0 radical (unpaired) electrons. The maximum atomic E-state index is 13.4. The Labute approximate surface area is 210 Å². The van der Waals surface area contributed by atoms with Crippen LogP contribution in [-0.2, 0) is 9.84 Å². The lowest BCUT2D eigenvalue weighted by atomic mass is 10.0. The SMILES string of the molecule is Cc1c(Cl)cc(S(=O)(=O)CC(C)(C)C)cc1N1C2CCC1CN(C(=O)c1ccc(F)cc1Cl)C2. The summed E-state index contributed by atoms with van der Waals surface area (Å²) in [5, 5.41) is 0.514. The molecule has 2 aromatic rings. The molecule has 2 aromatic carbocycles. The zero-order valence-electron chi connectivity index (χ0n) is 19.7. The Bertz CT molecular complexity index is 1230. The molecule has 2 saturated heterocycles. The molecule has 0 aromatic heterocycles. The number of amides is 1. The molecule has 2 atom stereocenters. The number of fused-ring (bicyclic) bond motifs is 2. The van der Waals surface area contributed by atoms with Gasteiger partial charge < -0.3 is 9.80 Å². The van der Waals surface area contributed by atoms with E-state index in [1.165, 1.54) is 12.1 Å². The van der Waals surface area contributed by atoms with E-state index in [9.17, 15) is 17.6 Å². The number of halogens is 3. The monoisotopic (exact) mass is 526 g/mol. The number of sulfone groups is 1. The highest BCUT2D eigenvalue weighted by Crippen LogP contribution is 2.41. The molecule has 2 aliphatic heterocycles. The minimum atomic E-state index is -3.52. The molecule has 0 N–H and O–H groups in total. The molecule has 0 spiro atoms. The second-order valence-electron chi connectivity index (χ2n) is 10.5. The van der Waals surface area contributed by atoms with Crippen molar-refractivity contribution in [3.8, 4) is 0 Å². The topological polar surface area (TPSA) is 57.7 Å². The number of likely N-dealkylation sites (tertiary alicyclic amines) is 1. The number of benzene rings is 2. The van der Waals surface area contributed by atoms with Gasteiger partial charge in [-0.2, -0.15) is 0 Å². The first-order valence-corrected chi connectivity index (χ1v) is 13.7. The van der Waals surface area contributed by atoms with Gasteiger partial charge in [-0.15, -0.1) is 0 Å². The minimum Gasteiger partial charge on any atom is -0.362 e. The Kier molecular flexibility index (Phi) is 6.68. The van der Waals surface area contributed by atoms with Gasteiger partial charge in [0, 0.05) is 35.9 Å². The fraction of sp³-hybridized carbons (Fsp3) is 0.480. The highest BCUT2D eigenvalue weighted by atomic mass is 35.5. The second-order valence-corrected chi connectivity index (χ2v) is 13.3. The highest BCUT2D eigenvalue weighted by Gasteiger charge is 2.43. The predicted molar refractivity (Wildman–Crippen MR) is 134 cm³/mol. The van der Waals surface area contributed by atoms with Gasteiger partial charge in [0.05, 0.1) is 21.2 Å². The molecule has 1 amide bonds. The van der Waals surface area contributed by atoms with Crippen molar-refractivity contribution in [3.63, 3.8) is 0 Å². The van der Waals surface area contributed by atoms with E-state index in [2.05, 4.69) is 4.90 Å². The van der Waals surface area contributed by atoms with Gasteiger partial charge in [-0.3, -0.25) is 4.79 Å². The van der Waals surface area contributed by atoms with Crippen molar-refractivity contribution >= 4 is 44.6 Å². The first-order chi connectivity index (χ1) is 15.8. The highest BCUT2D eigenvalue weighted by molar-refractivity contribution is 7.91. The summed E-state index contributed by atoms with van der Waals surface area (Å²) in [6.07, 6.45) is 1.75. The Morgan fingerprint density at radius 1 is 1.06 bits per heavy atom. The summed E-state index contributed by atoms with van der Waals surface area (Å²) >= 11 is 12.7. The van der Waals surface area contributed by atoms with E-state index in [4.69, 9.17) is 23.2 Å². The second kappa shape index (κ2) is 8.99. The minimum absolute atomic E-state index is 0.0202. The summed E-state index contributed by atoms with van der Waals surface area (Å²) in [7, 11) is -3.52. The van der Waals surface area contributed by atoms with Gasteiger partial charge in [-0.05, 0) is 61.1 Å². The van der Waals surface area contributed by atoms with E-state index in [-0.39, 0.29) is 44.6 Å². The number of piperazine rings is 1. The largest absolute Gasteiger partial charge is 0.362 e. The maximum Gasteiger partial charge on any atom is 0.255 e. The molecule has 2 aliphatic rings. The Morgan fingerprint density at radius 3 is 2.24 bits per heavy atom. The lowest BCUT2D eigenvalue weighted by molar-refractivity contribution is 0.0718. The van der Waals surface area contributed by atoms with Crippen molar-refractivity contribution in [1.29, 1.82) is 0 Å². The number of hydrogen-bond acceptors (Lipinski definition) is 4. The number of anilines is 1. The third-order valence-corrected chi connectivity index (χ3v) is 9.39.